The lowest BCUT2D eigenvalue weighted by atomic mass is 10.1. The van der Waals surface area contributed by atoms with Gasteiger partial charge in [-0.25, -0.2) is 4.58 Å². The number of hydrogen-bond acceptors (Lipinski definition) is 1. The van der Waals surface area contributed by atoms with Gasteiger partial charge in [0, 0.05) is 38.2 Å². The molecule has 0 radical (unpaired) electrons. The van der Waals surface area contributed by atoms with Crippen molar-refractivity contribution in [1.29, 1.82) is 0 Å². The van der Waals surface area contributed by atoms with Crippen LogP contribution >= 0.6 is 0 Å². The zero-order valence-electron chi connectivity index (χ0n) is 10.7. The highest BCUT2D eigenvalue weighted by atomic mass is 35.5. The summed E-state index contributed by atoms with van der Waals surface area (Å²) in [5, 5.41) is 0. The molecule has 3 heteroatoms. The highest BCUT2D eigenvalue weighted by Gasteiger charge is 2.10. The zero-order chi connectivity index (χ0) is 11.4. The van der Waals surface area contributed by atoms with Gasteiger partial charge in [0.1, 0.15) is 13.1 Å². The van der Waals surface area contributed by atoms with Gasteiger partial charge in [0.25, 0.3) is 0 Å². The van der Waals surface area contributed by atoms with E-state index in [2.05, 4.69) is 54.1 Å². The lowest BCUT2D eigenvalue weighted by Crippen LogP contribution is -3.00. The van der Waals surface area contributed by atoms with Crippen LogP contribution in [0.2, 0.25) is 0 Å². The first-order chi connectivity index (χ1) is 7.75. The summed E-state index contributed by atoms with van der Waals surface area (Å²) in [6.07, 6.45) is 6.36. The molecule has 0 amide bonds. The van der Waals surface area contributed by atoms with Crippen LogP contribution in [-0.4, -0.2) is 38.0 Å². The van der Waals surface area contributed by atoms with Crippen molar-refractivity contribution < 1.29 is 17.0 Å². The molecule has 2 rings (SSSR count). The van der Waals surface area contributed by atoms with Crippen LogP contribution in [0.25, 0.3) is 0 Å². The Kier molecular flexibility index (Phi) is 5.49. The van der Waals surface area contributed by atoms with E-state index >= 15 is 0 Å². The molecule has 1 saturated heterocycles. The molecule has 0 spiro atoms. The van der Waals surface area contributed by atoms with Crippen molar-refractivity contribution in [3.05, 3.63) is 29.8 Å². The molecule has 0 bridgehead atoms. The van der Waals surface area contributed by atoms with Crippen molar-refractivity contribution in [2.75, 3.05) is 32.1 Å². The summed E-state index contributed by atoms with van der Waals surface area (Å²) in [6.45, 7) is 2.44. The molecule has 1 heterocycles. The van der Waals surface area contributed by atoms with E-state index in [0.29, 0.717) is 0 Å². The highest BCUT2D eigenvalue weighted by molar-refractivity contribution is 5.76. The molecule has 0 aromatic heterocycles. The van der Waals surface area contributed by atoms with E-state index < -0.39 is 0 Å². The van der Waals surface area contributed by atoms with E-state index in [9.17, 15) is 0 Å². The van der Waals surface area contributed by atoms with Crippen LogP contribution in [0, 0.1) is 0 Å². The summed E-state index contributed by atoms with van der Waals surface area (Å²) in [5.41, 5.74) is 2.57. The molecule has 1 aliphatic heterocycles. The SMILES string of the molecule is CN(C)c1ccc(C=[N+]2CCCCC2)cc1.[Cl-]. The number of anilines is 1. The van der Waals surface area contributed by atoms with Crippen LogP contribution in [0.15, 0.2) is 24.3 Å². The van der Waals surface area contributed by atoms with Crippen molar-refractivity contribution in [2.45, 2.75) is 19.3 Å². The van der Waals surface area contributed by atoms with E-state index in [1.54, 1.807) is 0 Å². The molecule has 2 nitrogen and oxygen atoms in total. The van der Waals surface area contributed by atoms with E-state index in [4.69, 9.17) is 0 Å². The molecule has 94 valence electrons. The van der Waals surface area contributed by atoms with Gasteiger partial charge in [-0.05, 0) is 30.7 Å². The quantitative estimate of drug-likeness (QED) is 0.636. The van der Waals surface area contributed by atoms with Crippen molar-refractivity contribution in [2.24, 2.45) is 0 Å². The Morgan fingerprint density at radius 1 is 1.00 bits per heavy atom. The predicted octanol–water partition coefficient (Wildman–Crippen LogP) is -0.628. The third-order valence-corrected chi connectivity index (χ3v) is 3.13. The van der Waals surface area contributed by atoms with Crippen molar-refractivity contribution in [3.63, 3.8) is 0 Å². The van der Waals surface area contributed by atoms with E-state index in [1.807, 2.05) is 0 Å². The summed E-state index contributed by atoms with van der Waals surface area (Å²) < 4.78 is 2.44. The summed E-state index contributed by atoms with van der Waals surface area (Å²) >= 11 is 0. The van der Waals surface area contributed by atoms with Gasteiger partial charge in [-0.2, -0.15) is 0 Å². The number of piperidine rings is 1. The third-order valence-electron chi connectivity index (χ3n) is 3.13. The van der Waals surface area contributed by atoms with E-state index in [-0.39, 0.29) is 12.4 Å². The number of rotatable bonds is 2. The first-order valence-electron chi connectivity index (χ1n) is 6.12. The normalized spacial score (nSPS) is 15.1. The van der Waals surface area contributed by atoms with Crippen LogP contribution in [0.4, 0.5) is 5.69 Å². The van der Waals surface area contributed by atoms with Crippen LogP contribution < -0.4 is 17.3 Å². The second-order valence-corrected chi connectivity index (χ2v) is 4.71. The summed E-state index contributed by atoms with van der Waals surface area (Å²) in [6, 6.07) is 8.75. The molecule has 1 fully saturated rings. The van der Waals surface area contributed by atoms with Crippen molar-refractivity contribution >= 4 is 11.9 Å². The van der Waals surface area contributed by atoms with Gasteiger partial charge >= 0.3 is 0 Å². The van der Waals surface area contributed by atoms with Gasteiger partial charge in [-0.15, -0.1) is 0 Å². The van der Waals surface area contributed by atoms with Gasteiger partial charge < -0.3 is 17.3 Å². The topological polar surface area (TPSA) is 6.25 Å². The average Bonchev–Trinajstić information content (AvgIpc) is 2.31. The smallest absolute Gasteiger partial charge is 0.170 e. The molecule has 0 N–H and O–H groups in total. The van der Waals surface area contributed by atoms with Crippen molar-refractivity contribution in [3.8, 4) is 0 Å². The Bertz CT molecular complexity index is 360. The van der Waals surface area contributed by atoms with Gasteiger partial charge in [0.2, 0.25) is 0 Å². The fourth-order valence-corrected chi connectivity index (χ4v) is 2.12. The minimum atomic E-state index is 0. The molecule has 17 heavy (non-hydrogen) atoms. The number of hydrogen-bond donors (Lipinski definition) is 0. The predicted molar refractivity (Wildman–Crippen MR) is 69.8 cm³/mol. The second kappa shape index (κ2) is 6.65. The zero-order valence-corrected chi connectivity index (χ0v) is 11.5. The monoisotopic (exact) mass is 252 g/mol. The fraction of sp³-hybridized carbons (Fsp3) is 0.500. The number of benzene rings is 1. The first kappa shape index (κ1) is 14.0. The maximum atomic E-state index is 2.44. The molecule has 0 atom stereocenters. The van der Waals surface area contributed by atoms with Crippen LogP contribution in [0.1, 0.15) is 24.8 Å². The molecule has 0 aliphatic carbocycles. The number of halogens is 1. The van der Waals surface area contributed by atoms with Crippen molar-refractivity contribution in [1.82, 2.24) is 0 Å². The van der Waals surface area contributed by atoms with Gasteiger partial charge in [-0.1, -0.05) is 0 Å². The van der Waals surface area contributed by atoms with Gasteiger partial charge in [0.15, 0.2) is 6.21 Å². The Morgan fingerprint density at radius 3 is 2.12 bits per heavy atom. The fourth-order valence-electron chi connectivity index (χ4n) is 2.12. The Hall–Kier alpha value is -1.02. The second-order valence-electron chi connectivity index (χ2n) is 4.71. The largest absolute Gasteiger partial charge is 1.00 e. The molecule has 0 unspecified atom stereocenters. The van der Waals surface area contributed by atoms with Gasteiger partial charge in [0.05, 0.1) is 0 Å². The lowest BCUT2D eigenvalue weighted by molar-refractivity contribution is -0.532. The maximum Gasteiger partial charge on any atom is 0.170 e. The maximum absolute atomic E-state index is 2.44. The molecular formula is C14H21ClN2. The average molecular weight is 253 g/mol. The Balaban J connectivity index is 0.00000144. The lowest BCUT2D eigenvalue weighted by Gasteiger charge is -2.12. The third kappa shape index (κ3) is 4.04. The molecular weight excluding hydrogens is 232 g/mol. The summed E-state index contributed by atoms with van der Waals surface area (Å²) in [7, 11) is 4.15. The van der Waals surface area contributed by atoms with Crippen LogP contribution in [0.3, 0.4) is 0 Å². The summed E-state index contributed by atoms with van der Waals surface area (Å²) in [4.78, 5) is 2.13. The summed E-state index contributed by atoms with van der Waals surface area (Å²) in [5.74, 6) is 0. The molecule has 1 aliphatic rings. The van der Waals surface area contributed by atoms with Crippen LogP contribution in [0.5, 0.6) is 0 Å². The standard InChI is InChI=1S/C14H21N2.ClH/c1-15(2)14-8-6-13(7-9-14)12-16-10-4-3-5-11-16;/h6-9,12H,3-5,10-11H2,1-2H3;1H/q+1;/p-1. The van der Waals surface area contributed by atoms with E-state index in [0.717, 1.165) is 0 Å². The Labute approximate surface area is 110 Å². The first-order valence-corrected chi connectivity index (χ1v) is 6.12. The molecule has 0 saturated carbocycles. The molecule has 1 aromatic rings. The Morgan fingerprint density at radius 2 is 1.59 bits per heavy atom. The highest BCUT2D eigenvalue weighted by Crippen LogP contribution is 2.11. The number of nitrogens with zero attached hydrogens (tertiary/aromatic N) is 2. The van der Waals surface area contributed by atoms with Gasteiger partial charge in [-0.3, -0.25) is 0 Å². The minimum absolute atomic E-state index is 0. The molecule has 1 aromatic carbocycles. The van der Waals surface area contributed by atoms with E-state index in [1.165, 1.54) is 43.6 Å². The minimum Gasteiger partial charge on any atom is -1.00 e. The van der Waals surface area contributed by atoms with Crippen LogP contribution in [-0.2, 0) is 0 Å².